The number of rotatable bonds is 5. The number of phenolic OH excluding ortho intramolecular Hbond substituents is 1. The number of para-hydroxylation sites is 1. The Hall–Kier alpha value is -2.94. The summed E-state index contributed by atoms with van der Waals surface area (Å²) in [6.07, 6.45) is 1.21. The van der Waals surface area contributed by atoms with Gasteiger partial charge in [-0.2, -0.15) is 0 Å². The van der Waals surface area contributed by atoms with E-state index in [9.17, 15) is 15.2 Å². The molecule has 1 aromatic carbocycles. The summed E-state index contributed by atoms with van der Waals surface area (Å²) in [6, 6.07) is 9.87. The molecular weight excluding hydrogens is 330 g/mol. The van der Waals surface area contributed by atoms with Crippen molar-refractivity contribution in [2.45, 2.75) is 23.7 Å². The standard InChI is InChI=1S/C15H13N5O3S/c1-2-19-14(11-5-3-4-6-12(11)21)17-18-15(19)24-13-8-7-10(9-16-13)20(22)23/h3-9,21H,2H2,1H3. The first kappa shape index (κ1) is 15.9. The maximum Gasteiger partial charge on any atom is 0.287 e. The Morgan fingerprint density at radius 2 is 2.04 bits per heavy atom. The second-order valence-electron chi connectivity index (χ2n) is 4.78. The number of aromatic hydroxyl groups is 1. The smallest absolute Gasteiger partial charge is 0.287 e. The zero-order valence-electron chi connectivity index (χ0n) is 12.7. The quantitative estimate of drug-likeness (QED) is 0.560. The lowest BCUT2D eigenvalue weighted by molar-refractivity contribution is -0.385. The van der Waals surface area contributed by atoms with Gasteiger partial charge in [0.05, 0.1) is 10.5 Å². The molecule has 0 radical (unpaired) electrons. The lowest BCUT2D eigenvalue weighted by atomic mass is 10.2. The van der Waals surface area contributed by atoms with Gasteiger partial charge in [-0.3, -0.25) is 10.1 Å². The van der Waals surface area contributed by atoms with Crippen molar-refractivity contribution in [2.75, 3.05) is 0 Å². The topological polar surface area (TPSA) is 107 Å². The molecule has 122 valence electrons. The van der Waals surface area contributed by atoms with Gasteiger partial charge in [-0.15, -0.1) is 10.2 Å². The maximum absolute atomic E-state index is 10.7. The Morgan fingerprint density at radius 3 is 2.67 bits per heavy atom. The van der Waals surface area contributed by atoms with Crippen LogP contribution in [0.5, 0.6) is 5.75 Å². The molecule has 1 N–H and O–H groups in total. The van der Waals surface area contributed by atoms with E-state index in [0.717, 1.165) is 0 Å². The molecule has 0 amide bonds. The molecule has 0 aliphatic rings. The lowest BCUT2D eigenvalue weighted by Gasteiger charge is -2.08. The summed E-state index contributed by atoms with van der Waals surface area (Å²) >= 11 is 1.25. The van der Waals surface area contributed by atoms with Crippen LogP contribution in [0.25, 0.3) is 11.4 Å². The van der Waals surface area contributed by atoms with Crippen LogP contribution in [-0.4, -0.2) is 29.8 Å². The Morgan fingerprint density at radius 1 is 1.25 bits per heavy atom. The number of nitro groups is 1. The van der Waals surface area contributed by atoms with E-state index in [1.54, 1.807) is 24.3 Å². The normalized spacial score (nSPS) is 10.7. The second kappa shape index (κ2) is 6.67. The van der Waals surface area contributed by atoms with Crippen molar-refractivity contribution in [1.82, 2.24) is 19.7 Å². The van der Waals surface area contributed by atoms with Crippen LogP contribution in [0.4, 0.5) is 5.69 Å². The number of aromatic nitrogens is 4. The molecule has 9 heteroatoms. The van der Waals surface area contributed by atoms with Crippen LogP contribution in [0.2, 0.25) is 0 Å². The molecule has 0 saturated carbocycles. The van der Waals surface area contributed by atoms with E-state index in [1.165, 1.54) is 24.0 Å². The van der Waals surface area contributed by atoms with Crippen molar-refractivity contribution in [1.29, 1.82) is 0 Å². The number of hydrogen-bond acceptors (Lipinski definition) is 7. The van der Waals surface area contributed by atoms with Gasteiger partial charge in [-0.05, 0) is 36.9 Å². The van der Waals surface area contributed by atoms with Crippen LogP contribution in [0.1, 0.15) is 6.92 Å². The fraction of sp³-hybridized carbons (Fsp3) is 0.133. The fourth-order valence-corrected chi connectivity index (χ4v) is 2.98. The average molecular weight is 343 g/mol. The van der Waals surface area contributed by atoms with Gasteiger partial charge in [0.15, 0.2) is 11.0 Å². The van der Waals surface area contributed by atoms with E-state index in [-0.39, 0.29) is 11.4 Å². The third-order valence-corrected chi connectivity index (χ3v) is 4.24. The molecule has 0 bridgehead atoms. The number of nitrogens with zero attached hydrogens (tertiary/aromatic N) is 5. The van der Waals surface area contributed by atoms with Crippen LogP contribution in [0.3, 0.4) is 0 Å². The Bertz CT molecular complexity index is 879. The van der Waals surface area contributed by atoms with Crippen molar-refractivity contribution in [3.8, 4) is 17.1 Å². The molecule has 0 aliphatic carbocycles. The van der Waals surface area contributed by atoms with Crippen molar-refractivity contribution in [3.63, 3.8) is 0 Å². The largest absolute Gasteiger partial charge is 0.507 e. The first-order valence-corrected chi connectivity index (χ1v) is 7.91. The SMILES string of the molecule is CCn1c(Sc2ccc([N+](=O)[O-])cn2)nnc1-c1ccccc1O. The number of phenols is 1. The summed E-state index contributed by atoms with van der Waals surface area (Å²) in [4.78, 5) is 14.2. The molecule has 0 atom stereocenters. The van der Waals surface area contributed by atoms with Gasteiger partial charge in [0.25, 0.3) is 5.69 Å². The summed E-state index contributed by atoms with van der Waals surface area (Å²) in [5.41, 5.74) is 0.529. The molecule has 3 aromatic rings. The summed E-state index contributed by atoms with van der Waals surface area (Å²) in [6.45, 7) is 2.55. The Balaban J connectivity index is 1.92. The van der Waals surface area contributed by atoms with Gasteiger partial charge in [0.2, 0.25) is 0 Å². The van der Waals surface area contributed by atoms with Crippen molar-refractivity contribution in [3.05, 3.63) is 52.7 Å². The van der Waals surface area contributed by atoms with Gasteiger partial charge in [-0.1, -0.05) is 12.1 Å². The fourth-order valence-electron chi connectivity index (χ4n) is 2.15. The summed E-state index contributed by atoms with van der Waals surface area (Å²) in [5.74, 6) is 0.685. The highest BCUT2D eigenvalue weighted by Gasteiger charge is 2.17. The van der Waals surface area contributed by atoms with Gasteiger partial charge in [0, 0.05) is 12.6 Å². The average Bonchev–Trinajstić information content (AvgIpc) is 2.98. The maximum atomic E-state index is 10.7. The van der Waals surface area contributed by atoms with Crippen LogP contribution in [-0.2, 0) is 6.54 Å². The molecule has 8 nitrogen and oxygen atoms in total. The molecule has 0 spiro atoms. The predicted octanol–water partition coefficient (Wildman–Crippen LogP) is 3.13. The summed E-state index contributed by atoms with van der Waals surface area (Å²) in [5, 5.41) is 30.1. The van der Waals surface area contributed by atoms with E-state index in [1.807, 2.05) is 17.6 Å². The van der Waals surface area contributed by atoms with Crippen LogP contribution in [0, 0.1) is 10.1 Å². The summed E-state index contributed by atoms with van der Waals surface area (Å²) in [7, 11) is 0. The van der Waals surface area contributed by atoms with E-state index < -0.39 is 4.92 Å². The molecule has 0 fully saturated rings. The lowest BCUT2D eigenvalue weighted by Crippen LogP contribution is -2.00. The predicted molar refractivity (Wildman–Crippen MR) is 87.8 cm³/mol. The van der Waals surface area contributed by atoms with Gasteiger partial charge in [0.1, 0.15) is 17.0 Å². The third kappa shape index (κ3) is 3.06. The Labute approximate surface area is 141 Å². The third-order valence-electron chi connectivity index (χ3n) is 3.31. The second-order valence-corrected chi connectivity index (χ2v) is 5.77. The number of hydrogen-bond donors (Lipinski definition) is 1. The molecule has 2 aromatic heterocycles. The molecular formula is C15H13N5O3S. The van der Waals surface area contributed by atoms with Gasteiger partial charge < -0.3 is 9.67 Å². The highest BCUT2D eigenvalue weighted by Crippen LogP contribution is 2.32. The Kier molecular flexibility index (Phi) is 4.43. The van der Waals surface area contributed by atoms with E-state index in [0.29, 0.717) is 28.1 Å². The first-order valence-electron chi connectivity index (χ1n) is 7.10. The van der Waals surface area contributed by atoms with Crippen LogP contribution < -0.4 is 0 Å². The van der Waals surface area contributed by atoms with Crippen molar-refractivity contribution < 1.29 is 10.0 Å². The minimum Gasteiger partial charge on any atom is -0.507 e. The minimum atomic E-state index is -0.494. The molecule has 3 rings (SSSR count). The van der Waals surface area contributed by atoms with E-state index in [2.05, 4.69) is 15.2 Å². The van der Waals surface area contributed by atoms with Gasteiger partial charge in [-0.25, -0.2) is 4.98 Å². The summed E-state index contributed by atoms with van der Waals surface area (Å²) < 4.78 is 1.85. The first-order chi connectivity index (χ1) is 11.6. The zero-order chi connectivity index (χ0) is 17.1. The molecule has 2 heterocycles. The van der Waals surface area contributed by atoms with Crippen LogP contribution >= 0.6 is 11.8 Å². The van der Waals surface area contributed by atoms with E-state index in [4.69, 9.17) is 0 Å². The number of pyridine rings is 1. The molecule has 0 saturated heterocycles. The van der Waals surface area contributed by atoms with Crippen molar-refractivity contribution >= 4 is 17.4 Å². The zero-order valence-corrected chi connectivity index (χ0v) is 13.5. The van der Waals surface area contributed by atoms with Crippen LogP contribution in [0.15, 0.2) is 52.8 Å². The van der Waals surface area contributed by atoms with E-state index >= 15 is 0 Å². The molecule has 0 aliphatic heterocycles. The number of benzene rings is 1. The highest BCUT2D eigenvalue weighted by atomic mass is 32.2. The van der Waals surface area contributed by atoms with Crippen molar-refractivity contribution in [2.24, 2.45) is 0 Å². The minimum absolute atomic E-state index is 0.0637. The molecule has 24 heavy (non-hydrogen) atoms. The monoisotopic (exact) mass is 343 g/mol. The van der Waals surface area contributed by atoms with Gasteiger partial charge >= 0.3 is 0 Å². The molecule has 0 unspecified atom stereocenters. The highest BCUT2D eigenvalue weighted by molar-refractivity contribution is 7.99.